The topological polar surface area (TPSA) is 91.9 Å². The summed E-state index contributed by atoms with van der Waals surface area (Å²) in [5, 5.41) is 10.1. The van der Waals surface area contributed by atoms with Gasteiger partial charge >= 0.3 is 0 Å². The molecule has 0 aliphatic carbocycles. The number of rotatable bonds is 1. The Labute approximate surface area is 219 Å². The molecule has 0 spiro atoms. The largest absolute Gasteiger partial charge is 0.493 e. The molecule has 1 atom stereocenters. The van der Waals surface area contributed by atoms with E-state index in [0.717, 1.165) is 50.0 Å². The summed E-state index contributed by atoms with van der Waals surface area (Å²) >= 11 is 0. The van der Waals surface area contributed by atoms with Crippen LogP contribution in [0.4, 0.5) is 0 Å². The van der Waals surface area contributed by atoms with E-state index in [2.05, 4.69) is 16.0 Å². The van der Waals surface area contributed by atoms with Crippen molar-refractivity contribution in [2.24, 2.45) is 0 Å². The minimum absolute atomic E-state index is 0.00304. The first kappa shape index (κ1) is 26.7. The molecule has 198 valence electrons. The van der Waals surface area contributed by atoms with E-state index in [1.807, 2.05) is 53.4 Å². The Morgan fingerprint density at radius 1 is 0.892 bits per heavy atom. The van der Waals surface area contributed by atoms with E-state index in [0.29, 0.717) is 49.7 Å². The van der Waals surface area contributed by atoms with Crippen LogP contribution in [-0.4, -0.2) is 63.1 Å². The average molecular weight is 507 g/mol. The number of carbonyl (C=O) groups is 2. The molecule has 6 bridgehead atoms. The van der Waals surface area contributed by atoms with Gasteiger partial charge in [-0.15, -0.1) is 0 Å². The van der Waals surface area contributed by atoms with Crippen molar-refractivity contribution < 1.29 is 19.1 Å². The van der Waals surface area contributed by atoms with Gasteiger partial charge < -0.3 is 30.3 Å². The number of ether oxygens (including phenoxy) is 2. The molecule has 2 amide bonds. The van der Waals surface area contributed by atoms with Crippen molar-refractivity contribution in [2.45, 2.75) is 38.1 Å². The summed E-state index contributed by atoms with van der Waals surface area (Å²) in [5.74, 6) is 1.81. The van der Waals surface area contributed by atoms with Gasteiger partial charge in [0.25, 0.3) is 0 Å². The fraction of sp³-hybridized carbons (Fsp3) is 0.448. The lowest BCUT2D eigenvalue weighted by Crippen LogP contribution is -2.35. The summed E-state index contributed by atoms with van der Waals surface area (Å²) < 4.78 is 11.7. The Kier molecular flexibility index (Phi) is 9.97. The number of fused-ring (bicyclic) bond motifs is 3. The van der Waals surface area contributed by atoms with Gasteiger partial charge in [-0.25, -0.2) is 0 Å². The van der Waals surface area contributed by atoms with Crippen LogP contribution < -0.4 is 25.4 Å². The first-order chi connectivity index (χ1) is 18.1. The molecule has 1 unspecified atom stereocenters. The number of nitrogens with zero attached hydrogens (tertiary/aromatic N) is 1. The van der Waals surface area contributed by atoms with Gasteiger partial charge in [0.15, 0.2) is 11.5 Å². The fourth-order valence-electron chi connectivity index (χ4n) is 4.61. The molecule has 0 saturated carbocycles. The van der Waals surface area contributed by atoms with Crippen molar-refractivity contribution >= 4 is 17.9 Å². The van der Waals surface area contributed by atoms with Gasteiger partial charge in [0.05, 0.1) is 7.11 Å². The SMILES string of the molecule is COc1ccc2cc1Oc1ccc(cc1)C1CC(=O)NCCCN(CCCCNCCCN1)C(=O)C=C2. The molecule has 37 heavy (non-hydrogen) atoms. The van der Waals surface area contributed by atoms with Crippen LogP contribution in [0.2, 0.25) is 0 Å². The van der Waals surface area contributed by atoms with Gasteiger partial charge in [-0.1, -0.05) is 18.2 Å². The Hall–Kier alpha value is -3.36. The summed E-state index contributed by atoms with van der Waals surface area (Å²) in [6, 6.07) is 13.3. The van der Waals surface area contributed by atoms with Crippen LogP contribution in [0, 0.1) is 0 Å². The predicted octanol–water partition coefficient (Wildman–Crippen LogP) is 3.64. The number of methoxy groups -OCH3 is 1. The molecule has 1 fully saturated rings. The van der Waals surface area contributed by atoms with Crippen LogP contribution >= 0.6 is 0 Å². The van der Waals surface area contributed by atoms with E-state index in [1.54, 1.807) is 13.2 Å². The summed E-state index contributed by atoms with van der Waals surface area (Å²) in [7, 11) is 1.61. The lowest BCUT2D eigenvalue weighted by molar-refractivity contribution is -0.126. The maximum absolute atomic E-state index is 13.1. The minimum Gasteiger partial charge on any atom is -0.493 e. The molecule has 8 nitrogen and oxygen atoms in total. The Morgan fingerprint density at radius 2 is 1.70 bits per heavy atom. The van der Waals surface area contributed by atoms with Gasteiger partial charge in [-0.05, 0) is 86.8 Å². The average Bonchev–Trinajstić information content (AvgIpc) is 2.91. The van der Waals surface area contributed by atoms with E-state index in [4.69, 9.17) is 9.47 Å². The number of carbonyl (C=O) groups excluding carboxylic acids is 2. The van der Waals surface area contributed by atoms with Crippen molar-refractivity contribution in [3.8, 4) is 17.2 Å². The van der Waals surface area contributed by atoms with Crippen molar-refractivity contribution in [2.75, 3.05) is 46.4 Å². The molecule has 8 heteroatoms. The van der Waals surface area contributed by atoms with Crippen molar-refractivity contribution in [1.29, 1.82) is 0 Å². The molecule has 3 heterocycles. The zero-order chi connectivity index (χ0) is 25.9. The molecule has 1 saturated heterocycles. The number of amides is 2. The van der Waals surface area contributed by atoms with E-state index in [1.165, 1.54) is 0 Å². The monoisotopic (exact) mass is 506 g/mol. The van der Waals surface area contributed by atoms with Crippen LogP contribution in [0.25, 0.3) is 6.08 Å². The van der Waals surface area contributed by atoms with Crippen molar-refractivity contribution in [3.63, 3.8) is 0 Å². The van der Waals surface area contributed by atoms with Crippen LogP contribution in [-0.2, 0) is 9.59 Å². The molecule has 3 aliphatic rings. The number of benzene rings is 2. The second-order valence-corrected chi connectivity index (χ2v) is 9.47. The minimum atomic E-state index is -0.105. The summed E-state index contributed by atoms with van der Waals surface area (Å²) in [6.07, 6.45) is 7.37. The molecule has 5 rings (SSSR count). The lowest BCUT2D eigenvalue weighted by Gasteiger charge is -2.22. The van der Waals surface area contributed by atoms with E-state index in [-0.39, 0.29) is 17.9 Å². The Morgan fingerprint density at radius 3 is 2.54 bits per heavy atom. The van der Waals surface area contributed by atoms with Crippen molar-refractivity contribution in [3.05, 3.63) is 59.7 Å². The van der Waals surface area contributed by atoms with E-state index < -0.39 is 0 Å². The Balaban J connectivity index is 1.68. The maximum Gasteiger partial charge on any atom is 0.246 e. The summed E-state index contributed by atoms with van der Waals surface area (Å²) in [4.78, 5) is 27.8. The van der Waals surface area contributed by atoms with Gasteiger partial charge in [-0.3, -0.25) is 9.59 Å². The highest BCUT2D eigenvalue weighted by Crippen LogP contribution is 2.33. The van der Waals surface area contributed by atoms with Crippen LogP contribution in [0.3, 0.4) is 0 Å². The molecular formula is C29H38N4O4. The molecule has 3 aliphatic heterocycles. The number of hydrogen-bond donors (Lipinski definition) is 3. The molecule has 2 aromatic carbocycles. The predicted molar refractivity (Wildman–Crippen MR) is 145 cm³/mol. The molecule has 0 aromatic heterocycles. The third-order valence-corrected chi connectivity index (χ3v) is 6.70. The second-order valence-electron chi connectivity index (χ2n) is 9.47. The smallest absolute Gasteiger partial charge is 0.246 e. The van der Waals surface area contributed by atoms with E-state index in [9.17, 15) is 9.59 Å². The quantitative estimate of drug-likeness (QED) is 0.547. The van der Waals surface area contributed by atoms with Crippen molar-refractivity contribution in [1.82, 2.24) is 20.9 Å². The molecular weight excluding hydrogens is 468 g/mol. The molecule has 0 radical (unpaired) electrons. The van der Waals surface area contributed by atoms with Gasteiger partial charge in [0.2, 0.25) is 11.8 Å². The standard InChI is InChI=1S/C29H38N4O4/c1-36-26-12-6-22-7-13-29(35)33-18-3-2-14-30-15-4-16-31-25(21-28(34)32-17-5-19-33)23-8-10-24(11-9-23)37-27(26)20-22/h6-13,20,25,30-31H,2-5,14-19,21H2,1H3,(H,32,34). The summed E-state index contributed by atoms with van der Waals surface area (Å²) in [5.41, 5.74) is 1.88. The van der Waals surface area contributed by atoms with Gasteiger partial charge in [0.1, 0.15) is 5.75 Å². The summed E-state index contributed by atoms with van der Waals surface area (Å²) in [6.45, 7) is 4.46. The number of hydrogen-bond acceptors (Lipinski definition) is 6. The zero-order valence-corrected chi connectivity index (χ0v) is 21.6. The third kappa shape index (κ3) is 8.06. The lowest BCUT2D eigenvalue weighted by atomic mass is 10.0. The highest BCUT2D eigenvalue weighted by Gasteiger charge is 2.17. The van der Waals surface area contributed by atoms with Crippen LogP contribution in [0.15, 0.2) is 48.5 Å². The van der Waals surface area contributed by atoms with Crippen LogP contribution in [0.1, 0.15) is 49.3 Å². The second kappa shape index (κ2) is 13.8. The van der Waals surface area contributed by atoms with Crippen LogP contribution in [0.5, 0.6) is 17.2 Å². The van der Waals surface area contributed by atoms with E-state index >= 15 is 0 Å². The third-order valence-electron chi connectivity index (χ3n) is 6.70. The first-order valence-electron chi connectivity index (χ1n) is 13.3. The molecule has 2 aromatic rings. The fourth-order valence-corrected chi connectivity index (χ4v) is 4.61. The first-order valence-corrected chi connectivity index (χ1v) is 13.3. The van der Waals surface area contributed by atoms with Gasteiger partial charge in [0, 0.05) is 38.2 Å². The highest BCUT2D eigenvalue weighted by molar-refractivity contribution is 5.91. The zero-order valence-electron chi connectivity index (χ0n) is 21.6. The number of nitrogens with one attached hydrogen (secondary N) is 3. The normalized spacial score (nSPS) is 20.4. The molecule has 3 N–H and O–H groups in total. The van der Waals surface area contributed by atoms with Gasteiger partial charge in [-0.2, -0.15) is 0 Å². The Bertz CT molecular complexity index is 1070. The maximum atomic E-state index is 13.1. The highest BCUT2D eigenvalue weighted by atomic mass is 16.5.